The Morgan fingerprint density at radius 1 is 1.35 bits per heavy atom. The SMILES string of the molecule is COCCCOc1cc(F)cc(CN(C(=O)[C@H]2CNCCO2)C2CC2)c1. The van der Waals surface area contributed by atoms with Gasteiger partial charge in [-0.2, -0.15) is 0 Å². The lowest BCUT2D eigenvalue weighted by atomic mass is 10.1. The van der Waals surface area contributed by atoms with Crippen LogP contribution in [0.4, 0.5) is 4.39 Å². The summed E-state index contributed by atoms with van der Waals surface area (Å²) in [5, 5.41) is 3.18. The first-order valence-corrected chi connectivity index (χ1v) is 9.21. The molecule has 6 nitrogen and oxygen atoms in total. The van der Waals surface area contributed by atoms with E-state index in [9.17, 15) is 9.18 Å². The first-order valence-electron chi connectivity index (χ1n) is 9.21. The van der Waals surface area contributed by atoms with Crippen LogP contribution in [0.3, 0.4) is 0 Å². The number of rotatable bonds is 9. The third-order valence-corrected chi connectivity index (χ3v) is 4.52. The molecule has 1 aromatic carbocycles. The molecule has 1 saturated heterocycles. The summed E-state index contributed by atoms with van der Waals surface area (Å²) in [6, 6.07) is 4.86. The molecule has 1 saturated carbocycles. The highest BCUT2D eigenvalue weighted by Gasteiger charge is 2.36. The molecule has 26 heavy (non-hydrogen) atoms. The molecule has 7 heteroatoms. The summed E-state index contributed by atoms with van der Waals surface area (Å²) in [6.45, 7) is 3.26. The van der Waals surface area contributed by atoms with E-state index < -0.39 is 6.10 Å². The van der Waals surface area contributed by atoms with Crippen LogP contribution < -0.4 is 10.1 Å². The van der Waals surface area contributed by atoms with Gasteiger partial charge in [0.05, 0.1) is 13.2 Å². The Hall–Kier alpha value is -1.70. The van der Waals surface area contributed by atoms with Crippen molar-refractivity contribution in [2.45, 2.75) is 38.0 Å². The van der Waals surface area contributed by atoms with Crippen LogP contribution in [0.2, 0.25) is 0 Å². The van der Waals surface area contributed by atoms with E-state index in [1.54, 1.807) is 13.2 Å². The van der Waals surface area contributed by atoms with Crippen LogP contribution in [0.15, 0.2) is 18.2 Å². The average Bonchev–Trinajstić information content (AvgIpc) is 3.48. The Bertz CT molecular complexity index is 603. The second-order valence-electron chi connectivity index (χ2n) is 6.75. The topological polar surface area (TPSA) is 60.0 Å². The molecule has 0 radical (unpaired) electrons. The molecule has 1 aromatic rings. The van der Waals surface area contributed by atoms with Crippen molar-refractivity contribution in [2.75, 3.05) is 40.0 Å². The van der Waals surface area contributed by atoms with Crippen LogP contribution in [0.25, 0.3) is 0 Å². The van der Waals surface area contributed by atoms with E-state index in [-0.39, 0.29) is 17.8 Å². The Morgan fingerprint density at radius 2 is 2.19 bits per heavy atom. The van der Waals surface area contributed by atoms with Gasteiger partial charge in [-0.05, 0) is 30.5 Å². The fourth-order valence-electron chi connectivity index (χ4n) is 3.07. The summed E-state index contributed by atoms with van der Waals surface area (Å²) in [6.07, 6.45) is 2.26. The molecule has 2 fully saturated rings. The number of methoxy groups -OCH3 is 1. The van der Waals surface area contributed by atoms with Gasteiger partial charge in [0.2, 0.25) is 0 Å². The van der Waals surface area contributed by atoms with Gasteiger partial charge in [-0.25, -0.2) is 4.39 Å². The van der Waals surface area contributed by atoms with Crippen LogP contribution >= 0.6 is 0 Å². The van der Waals surface area contributed by atoms with Gasteiger partial charge < -0.3 is 24.4 Å². The van der Waals surface area contributed by atoms with Crippen LogP contribution in [0, 0.1) is 5.82 Å². The van der Waals surface area contributed by atoms with E-state index in [4.69, 9.17) is 14.2 Å². The number of carbonyl (C=O) groups excluding carboxylic acids is 1. The van der Waals surface area contributed by atoms with Crippen molar-refractivity contribution < 1.29 is 23.4 Å². The van der Waals surface area contributed by atoms with Gasteiger partial charge >= 0.3 is 0 Å². The second-order valence-corrected chi connectivity index (χ2v) is 6.75. The number of amides is 1. The van der Waals surface area contributed by atoms with Crippen LogP contribution in [-0.2, 0) is 20.8 Å². The quantitative estimate of drug-likeness (QED) is 0.675. The van der Waals surface area contributed by atoms with Gasteiger partial charge in [0.25, 0.3) is 5.91 Å². The maximum atomic E-state index is 14.0. The van der Waals surface area contributed by atoms with Crippen molar-refractivity contribution in [1.29, 1.82) is 0 Å². The summed E-state index contributed by atoms with van der Waals surface area (Å²) >= 11 is 0. The number of carbonyl (C=O) groups is 1. The van der Waals surface area contributed by atoms with Crippen molar-refractivity contribution in [3.63, 3.8) is 0 Å². The first-order chi connectivity index (χ1) is 12.7. The maximum absolute atomic E-state index is 14.0. The number of halogens is 1. The summed E-state index contributed by atoms with van der Waals surface area (Å²) in [5.74, 6) is 0.101. The van der Waals surface area contributed by atoms with Gasteiger partial charge in [0.15, 0.2) is 0 Å². The zero-order valence-corrected chi connectivity index (χ0v) is 15.2. The standard InChI is InChI=1S/C19H27FN2O4/c1-24-6-2-7-25-17-10-14(9-15(20)11-17)13-22(16-3-4-16)19(23)18-12-21-5-8-26-18/h9-11,16,18,21H,2-8,12-13H2,1H3/t18-/m1/s1. The van der Waals surface area contributed by atoms with Crippen molar-refractivity contribution in [2.24, 2.45) is 0 Å². The smallest absolute Gasteiger partial charge is 0.253 e. The number of hydrogen-bond donors (Lipinski definition) is 1. The van der Waals surface area contributed by atoms with Crippen LogP contribution in [0.5, 0.6) is 5.75 Å². The number of morpholine rings is 1. The molecule has 1 N–H and O–H groups in total. The normalized spacial score (nSPS) is 20.0. The lowest BCUT2D eigenvalue weighted by Crippen LogP contribution is -2.49. The Balaban J connectivity index is 1.64. The van der Waals surface area contributed by atoms with Crippen molar-refractivity contribution >= 4 is 5.91 Å². The van der Waals surface area contributed by atoms with E-state index in [0.717, 1.165) is 31.4 Å². The first kappa shape index (κ1) is 19.1. The van der Waals surface area contributed by atoms with Crippen molar-refractivity contribution in [3.05, 3.63) is 29.6 Å². The van der Waals surface area contributed by atoms with E-state index in [0.29, 0.717) is 38.7 Å². The highest BCUT2D eigenvalue weighted by atomic mass is 19.1. The lowest BCUT2D eigenvalue weighted by molar-refractivity contribution is -0.146. The molecular weight excluding hydrogens is 339 g/mol. The van der Waals surface area contributed by atoms with Gasteiger partial charge in [-0.3, -0.25) is 4.79 Å². The molecule has 0 aromatic heterocycles. The molecule has 0 unspecified atom stereocenters. The third kappa shape index (κ3) is 5.40. The zero-order chi connectivity index (χ0) is 18.4. The van der Waals surface area contributed by atoms with Gasteiger partial charge in [0.1, 0.15) is 17.7 Å². The minimum Gasteiger partial charge on any atom is -0.493 e. The molecule has 3 rings (SSSR count). The molecule has 1 aliphatic carbocycles. The van der Waals surface area contributed by atoms with Crippen LogP contribution in [0.1, 0.15) is 24.8 Å². The van der Waals surface area contributed by atoms with E-state index in [1.807, 2.05) is 4.90 Å². The summed E-state index contributed by atoms with van der Waals surface area (Å²) < 4.78 is 30.2. The highest BCUT2D eigenvalue weighted by molar-refractivity contribution is 5.82. The molecule has 1 heterocycles. The van der Waals surface area contributed by atoms with E-state index in [2.05, 4.69) is 5.32 Å². The zero-order valence-electron chi connectivity index (χ0n) is 15.2. The summed E-state index contributed by atoms with van der Waals surface area (Å²) in [7, 11) is 1.63. The molecule has 1 amide bonds. The Kier molecular flexibility index (Phi) is 6.82. The Morgan fingerprint density at radius 3 is 2.88 bits per heavy atom. The molecule has 1 aliphatic heterocycles. The van der Waals surface area contributed by atoms with Crippen molar-refractivity contribution in [3.8, 4) is 5.75 Å². The molecule has 1 atom stereocenters. The lowest BCUT2D eigenvalue weighted by Gasteiger charge is -2.30. The van der Waals surface area contributed by atoms with Gasteiger partial charge in [0, 0.05) is 51.9 Å². The predicted molar refractivity (Wildman–Crippen MR) is 94.6 cm³/mol. The number of ether oxygens (including phenoxy) is 3. The summed E-state index contributed by atoms with van der Waals surface area (Å²) in [5.41, 5.74) is 0.732. The molecule has 2 aliphatic rings. The number of benzene rings is 1. The fraction of sp³-hybridized carbons (Fsp3) is 0.632. The van der Waals surface area contributed by atoms with Crippen LogP contribution in [-0.4, -0.2) is 63.0 Å². The number of nitrogens with zero attached hydrogens (tertiary/aromatic N) is 1. The Labute approximate surface area is 153 Å². The molecule has 0 bridgehead atoms. The molecule has 0 spiro atoms. The predicted octanol–water partition coefficient (Wildman–Crippen LogP) is 1.72. The average molecular weight is 366 g/mol. The number of nitrogens with one attached hydrogen (secondary N) is 1. The molecular formula is C19H27FN2O4. The van der Waals surface area contributed by atoms with E-state index in [1.165, 1.54) is 12.1 Å². The van der Waals surface area contributed by atoms with Gasteiger partial charge in [-0.15, -0.1) is 0 Å². The second kappa shape index (κ2) is 9.30. The minimum absolute atomic E-state index is 0.0217. The fourth-order valence-corrected chi connectivity index (χ4v) is 3.07. The highest BCUT2D eigenvalue weighted by Crippen LogP contribution is 2.30. The van der Waals surface area contributed by atoms with E-state index >= 15 is 0 Å². The summed E-state index contributed by atoms with van der Waals surface area (Å²) in [4.78, 5) is 14.6. The third-order valence-electron chi connectivity index (χ3n) is 4.52. The maximum Gasteiger partial charge on any atom is 0.253 e. The minimum atomic E-state index is -0.456. The molecule has 144 valence electrons. The van der Waals surface area contributed by atoms with Crippen molar-refractivity contribution in [1.82, 2.24) is 10.2 Å². The van der Waals surface area contributed by atoms with Gasteiger partial charge in [-0.1, -0.05) is 0 Å². The monoisotopic (exact) mass is 366 g/mol. The largest absolute Gasteiger partial charge is 0.493 e. The number of hydrogen-bond acceptors (Lipinski definition) is 5.